The van der Waals surface area contributed by atoms with Crippen LogP contribution in [0.3, 0.4) is 0 Å². The summed E-state index contributed by atoms with van der Waals surface area (Å²) in [5, 5.41) is 2.47. The molecule has 0 aliphatic carbocycles. The molecule has 0 aliphatic rings. The molecule has 0 radical (unpaired) electrons. The summed E-state index contributed by atoms with van der Waals surface area (Å²) >= 11 is 0. The first-order chi connectivity index (χ1) is 7.27. The van der Waals surface area contributed by atoms with Crippen LogP contribution in [0.15, 0.2) is 47.5 Å². The Balaban J connectivity index is 2.51. The Morgan fingerprint density at radius 1 is 1.00 bits per heavy atom. The lowest BCUT2D eigenvalue weighted by Crippen LogP contribution is -1.85. The molecule has 0 amide bonds. The Kier molecular flexibility index (Phi) is 2.82. The van der Waals surface area contributed by atoms with Crippen molar-refractivity contribution in [2.24, 2.45) is 10.9 Å². The van der Waals surface area contributed by atoms with E-state index in [1.165, 1.54) is 10.8 Å². The summed E-state index contributed by atoms with van der Waals surface area (Å²) < 4.78 is 0. The van der Waals surface area contributed by atoms with Gasteiger partial charge in [0.25, 0.3) is 0 Å². The Hall–Kier alpha value is -1.63. The molecule has 0 unspecified atom stereocenters. The number of nitrogens with zero attached hydrogens (tertiary/aromatic N) is 1. The van der Waals surface area contributed by atoms with Crippen LogP contribution in [0.25, 0.3) is 10.8 Å². The summed E-state index contributed by atoms with van der Waals surface area (Å²) in [6, 6.07) is 14.6. The second kappa shape index (κ2) is 4.26. The van der Waals surface area contributed by atoms with Crippen molar-refractivity contribution in [2.75, 3.05) is 0 Å². The average molecular weight is 197 g/mol. The van der Waals surface area contributed by atoms with Crippen LogP contribution in [0.2, 0.25) is 0 Å². The molecule has 0 heterocycles. The number of hydrogen-bond acceptors (Lipinski definition) is 1. The van der Waals surface area contributed by atoms with E-state index < -0.39 is 0 Å². The minimum atomic E-state index is 0.490. The van der Waals surface area contributed by atoms with Crippen LogP contribution in [-0.2, 0) is 0 Å². The summed E-state index contributed by atoms with van der Waals surface area (Å²) in [5.74, 6) is 0.490. The van der Waals surface area contributed by atoms with E-state index in [1.807, 2.05) is 6.21 Å². The predicted octanol–water partition coefficient (Wildman–Crippen LogP) is 4.20. The highest BCUT2D eigenvalue weighted by Gasteiger charge is 1.97. The number of fused-ring (bicyclic) bond motifs is 1. The summed E-state index contributed by atoms with van der Waals surface area (Å²) in [5.41, 5.74) is 1.06. The van der Waals surface area contributed by atoms with Crippen molar-refractivity contribution in [2.45, 2.75) is 13.8 Å². The topological polar surface area (TPSA) is 12.4 Å². The maximum Gasteiger partial charge on any atom is 0.0704 e. The van der Waals surface area contributed by atoms with Crippen molar-refractivity contribution >= 4 is 22.7 Å². The van der Waals surface area contributed by atoms with E-state index in [-0.39, 0.29) is 0 Å². The van der Waals surface area contributed by atoms with Crippen LogP contribution >= 0.6 is 0 Å². The van der Waals surface area contributed by atoms with Crippen LogP contribution in [-0.4, -0.2) is 6.21 Å². The number of aliphatic imine (C=N–C) groups is 1. The van der Waals surface area contributed by atoms with Gasteiger partial charge in [0.05, 0.1) is 5.69 Å². The smallest absolute Gasteiger partial charge is 0.0704 e. The quantitative estimate of drug-likeness (QED) is 0.640. The molecule has 2 rings (SSSR count). The van der Waals surface area contributed by atoms with Gasteiger partial charge in [0.2, 0.25) is 0 Å². The van der Waals surface area contributed by atoms with Crippen LogP contribution in [0.4, 0.5) is 5.69 Å². The van der Waals surface area contributed by atoms with Gasteiger partial charge in [0, 0.05) is 11.6 Å². The lowest BCUT2D eigenvalue weighted by molar-refractivity contribution is 0.908. The van der Waals surface area contributed by atoms with Gasteiger partial charge < -0.3 is 0 Å². The zero-order chi connectivity index (χ0) is 10.7. The first-order valence-electron chi connectivity index (χ1n) is 5.29. The third kappa shape index (κ3) is 2.24. The van der Waals surface area contributed by atoms with E-state index in [0.29, 0.717) is 5.92 Å². The number of hydrogen-bond donors (Lipinski definition) is 0. The highest BCUT2D eigenvalue weighted by Crippen LogP contribution is 2.25. The molecular formula is C14H15N. The Morgan fingerprint density at radius 3 is 2.53 bits per heavy atom. The van der Waals surface area contributed by atoms with Gasteiger partial charge >= 0.3 is 0 Å². The van der Waals surface area contributed by atoms with Gasteiger partial charge in [-0.05, 0) is 17.4 Å². The SMILES string of the molecule is CC(C)C=Nc1cccc2ccccc12. The largest absolute Gasteiger partial charge is 0.260 e. The summed E-state index contributed by atoms with van der Waals surface area (Å²) in [6.07, 6.45) is 1.99. The minimum Gasteiger partial charge on any atom is -0.260 e. The fourth-order valence-electron chi connectivity index (χ4n) is 1.55. The van der Waals surface area contributed by atoms with E-state index in [0.717, 1.165) is 5.69 Å². The molecular weight excluding hydrogens is 182 g/mol. The standard InChI is InChI=1S/C14H15N/c1-11(2)10-15-14-9-5-7-12-6-3-4-8-13(12)14/h3-11H,1-2H3. The van der Waals surface area contributed by atoms with Crippen LogP contribution < -0.4 is 0 Å². The van der Waals surface area contributed by atoms with Crippen molar-refractivity contribution in [3.63, 3.8) is 0 Å². The molecule has 0 fully saturated rings. The van der Waals surface area contributed by atoms with Crippen molar-refractivity contribution in [3.05, 3.63) is 42.5 Å². The van der Waals surface area contributed by atoms with Crippen LogP contribution in [0.1, 0.15) is 13.8 Å². The van der Waals surface area contributed by atoms with Gasteiger partial charge in [0.15, 0.2) is 0 Å². The highest BCUT2D eigenvalue weighted by atomic mass is 14.7. The Labute approximate surface area is 90.5 Å². The van der Waals surface area contributed by atoms with Crippen LogP contribution in [0, 0.1) is 5.92 Å². The fraction of sp³-hybridized carbons (Fsp3) is 0.214. The molecule has 0 N–H and O–H groups in total. The molecule has 2 aromatic carbocycles. The van der Waals surface area contributed by atoms with Gasteiger partial charge in [0.1, 0.15) is 0 Å². The number of rotatable bonds is 2. The van der Waals surface area contributed by atoms with Crippen molar-refractivity contribution < 1.29 is 0 Å². The molecule has 76 valence electrons. The zero-order valence-corrected chi connectivity index (χ0v) is 9.14. The van der Waals surface area contributed by atoms with E-state index in [1.54, 1.807) is 0 Å². The molecule has 0 spiro atoms. The monoisotopic (exact) mass is 197 g/mol. The summed E-state index contributed by atoms with van der Waals surface area (Å²) in [7, 11) is 0. The number of benzene rings is 2. The molecule has 1 nitrogen and oxygen atoms in total. The molecule has 0 atom stereocenters. The van der Waals surface area contributed by atoms with Crippen LogP contribution in [0.5, 0.6) is 0 Å². The third-order valence-electron chi connectivity index (χ3n) is 2.28. The van der Waals surface area contributed by atoms with Gasteiger partial charge in [-0.2, -0.15) is 0 Å². The normalized spacial score (nSPS) is 11.7. The maximum atomic E-state index is 4.51. The highest BCUT2D eigenvalue weighted by molar-refractivity contribution is 5.93. The molecule has 15 heavy (non-hydrogen) atoms. The Morgan fingerprint density at radius 2 is 1.73 bits per heavy atom. The van der Waals surface area contributed by atoms with E-state index in [9.17, 15) is 0 Å². The summed E-state index contributed by atoms with van der Waals surface area (Å²) in [4.78, 5) is 4.51. The second-order valence-electron chi connectivity index (χ2n) is 4.02. The van der Waals surface area contributed by atoms with Gasteiger partial charge in [-0.1, -0.05) is 50.2 Å². The average Bonchev–Trinajstić information content (AvgIpc) is 2.26. The maximum absolute atomic E-state index is 4.51. The molecule has 0 aromatic heterocycles. The third-order valence-corrected chi connectivity index (χ3v) is 2.28. The lowest BCUT2D eigenvalue weighted by Gasteiger charge is -2.01. The van der Waals surface area contributed by atoms with Gasteiger partial charge in [-0.3, -0.25) is 4.99 Å². The first-order valence-corrected chi connectivity index (χ1v) is 5.29. The molecule has 0 saturated heterocycles. The zero-order valence-electron chi connectivity index (χ0n) is 9.14. The van der Waals surface area contributed by atoms with E-state index in [2.05, 4.69) is 61.3 Å². The van der Waals surface area contributed by atoms with Gasteiger partial charge in [-0.25, -0.2) is 0 Å². The lowest BCUT2D eigenvalue weighted by atomic mass is 10.1. The van der Waals surface area contributed by atoms with E-state index >= 15 is 0 Å². The molecule has 1 heteroatoms. The molecule has 2 aromatic rings. The van der Waals surface area contributed by atoms with E-state index in [4.69, 9.17) is 0 Å². The molecule has 0 aliphatic heterocycles. The fourth-order valence-corrected chi connectivity index (χ4v) is 1.55. The second-order valence-corrected chi connectivity index (χ2v) is 4.02. The van der Waals surface area contributed by atoms with Gasteiger partial charge in [-0.15, -0.1) is 0 Å². The van der Waals surface area contributed by atoms with Crippen molar-refractivity contribution in [3.8, 4) is 0 Å². The molecule has 0 bridgehead atoms. The predicted molar refractivity (Wildman–Crippen MR) is 66.9 cm³/mol. The van der Waals surface area contributed by atoms with Crippen molar-refractivity contribution in [1.29, 1.82) is 0 Å². The summed E-state index contributed by atoms with van der Waals surface area (Å²) in [6.45, 7) is 4.27. The van der Waals surface area contributed by atoms with Crippen molar-refractivity contribution in [1.82, 2.24) is 0 Å². The minimum absolute atomic E-state index is 0.490. The molecule has 0 saturated carbocycles. The first kappa shape index (κ1) is 9.91. The Bertz CT molecular complexity index is 478.